The summed E-state index contributed by atoms with van der Waals surface area (Å²) in [6.07, 6.45) is 2.85. The Hall–Kier alpha value is -5.24. The van der Waals surface area contributed by atoms with Gasteiger partial charge in [-0.05, 0) is 54.5 Å². The molecule has 0 radical (unpaired) electrons. The molecule has 0 N–H and O–H groups in total. The van der Waals surface area contributed by atoms with Crippen molar-refractivity contribution in [2.45, 2.75) is 20.4 Å². The van der Waals surface area contributed by atoms with E-state index in [2.05, 4.69) is 34.2 Å². The molecular weight excluding hydrogens is 438 g/mol. The molecule has 7 nitrogen and oxygen atoms in total. The first-order valence-corrected chi connectivity index (χ1v) is 10.8. The van der Waals surface area contributed by atoms with Gasteiger partial charge in [-0.25, -0.2) is 20.2 Å². The van der Waals surface area contributed by atoms with Crippen LogP contribution in [0.15, 0.2) is 68.8 Å². The second kappa shape index (κ2) is 9.72. The number of nitrogens with zero attached hydrogens (tertiary/aromatic N) is 5. The van der Waals surface area contributed by atoms with Crippen molar-refractivity contribution >= 4 is 23.1 Å². The summed E-state index contributed by atoms with van der Waals surface area (Å²) in [5, 5.41) is 19.0. The monoisotopic (exact) mass is 457 g/mol. The Morgan fingerprint density at radius 3 is 2.09 bits per heavy atom. The molecule has 1 aromatic carbocycles. The van der Waals surface area contributed by atoms with E-state index in [1.165, 1.54) is 12.2 Å². The van der Waals surface area contributed by atoms with Crippen LogP contribution in [0.4, 0.5) is 0 Å². The zero-order valence-corrected chi connectivity index (χ0v) is 19.1. The molecule has 4 aromatic rings. The van der Waals surface area contributed by atoms with Gasteiger partial charge in [0, 0.05) is 23.0 Å². The summed E-state index contributed by atoms with van der Waals surface area (Å²) in [5.41, 5.74) is 2.69. The van der Waals surface area contributed by atoms with Gasteiger partial charge in [0.15, 0.2) is 5.76 Å². The molecule has 0 bridgehead atoms. The summed E-state index contributed by atoms with van der Waals surface area (Å²) < 4.78 is 14.0. The molecule has 168 valence electrons. The summed E-state index contributed by atoms with van der Waals surface area (Å²) in [7, 11) is 0. The van der Waals surface area contributed by atoms with E-state index >= 15 is 0 Å². The lowest BCUT2D eigenvalue weighted by Crippen LogP contribution is -2.05. The zero-order valence-electron chi connectivity index (χ0n) is 19.1. The van der Waals surface area contributed by atoms with Crippen molar-refractivity contribution in [3.8, 4) is 34.9 Å². The number of hydrogen-bond donors (Lipinski definition) is 0. The fourth-order valence-corrected chi connectivity index (χ4v) is 3.78. The van der Waals surface area contributed by atoms with Crippen molar-refractivity contribution in [1.82, 2.24) is 4.57 Å². The highest BCUT2D eigenvalue weighted by molar-refractivity contribution is 5.89. The third kappa shape index (κ3) is 4.76. The fourth-order valence-electron chi connectivity index (χ4n) is 3.78. The molecular formula is C28H19N5O2. The van der Waals surface area contributed by atoms with Crippen LogP contribution in [0.3, 0.4) is 0 Å². The molecule has 3 heterocycles. The molecule has 0 spiro atoms. The molecule has 0 unspecified atom stereocenters. The minimum atomic E-state index is -0.0391. The lowest BCUT2D eigenvalue weighted by molar-refractivity contribution is 0.523. The summed E-state index contributed by atoms with van der Waals surface area (Å²) in [5.74, 6) is 2.53. The predicted molar refractivity (Wildman–Crippen MR) is 133 cm³/mol. The molecule has 0 saturated heterocycles. The van der Waals surface area contributed by atoms with Gasteiger partial charge >= 0.3 is 0 Å². The van der Waals surface area contributed by atoms with E-state index in [1.54, 1.807) is 12.1 Å². The second-order valence-corrected chi connectivity index (χ2v) is 8.22. The van der Waals surface area contributed by atoms with Gasteiger partial charge in [0.25, 0.3) is 11.4 Å². The Balaban J connectivity index is 1.79. The highest BCUT2D eigenvalue weighted by Gasteiger charge is 2.16. The fraction of sp³-hybridized carbons (Fsp3) is 0.143. The van der Waals surface area contributed by atoms with Gasteiger partial charge in [-0.3, -0.25) is 0 Å². The van der Waals surface area contributed by atoms with Crippen molar-refractivity contribution < 1.29 is 8.83 Å². The smallest absolute Gasteiger partial charge is 0.265 e. The van der Waals surface area contributed by atoms with E-state index in [9.17, 15) is 0 Å². The maximum absolute atomic E-state index is 9.02. The molecule has 0 amide bonds. The van der Waals surface area contributed by atoms with E-state index in [1.807, 2.05) is 42.5 Å². The quantitative estimate of drug-likeness (QED) is 0.223. The Morgan fingerprint density at radius 1 is 0.914 bits per heavy atom. The molecule has 0 aliphatic heterocycles. The largest absolute Gasteiger partial charge is 0.458 e. The lowest BCUT2D eigenvalue weighted by Gasteiger charge is -2.12. The first kappa shape index (κ1) is 22.9. The topological polar surface area (TPSA) is 87.5 Å². The van der Waals surface area contributed by atoms with Gasteiger partial charge in [0.05, 0.1) is 31.0 Å². The van der Waals surface area contributed by atoms with Crippen LogP contribution < -0.4 is 0 Å². The number of allylic oxidation sites excluding steroid dienone is 2. The third-order valence-corrected chi connectivity index (χ3v) is 5.27. The number of aromatic nitrogens is 1. The average Bonchev–Trinajstić information content (AvgIpc) is 3.59. The van der Waals surface area contributed by atoms with Crippen LogP contribution in [-0.4, -0.2) is 4.57 Å². The maximum atomic E-state index is 9.02. The third-order valence-electron chi connectivity index (χ3n) is 5.27. The Morgan fingerprint density at radius 2 is 1.51 bits per heavy atom. The molecule has 3 aromatic heterocycles. The highest BCUT2D eigenvalue weighted by atomic mass is 16.3. The molecule has 0 fully saturated rings. The molecule has 4 rings (SSSR count). The first-order chi connectivity index (χ1) is 16.9. The number of nitriles is 2. The Bertz CT molecular complexity index is 1610. The zero-order chi connectivity index (χ0) is 24.9. The van der Waals surface area contributed by atoms with Gasteiger partial charge in [0.1, 0.15) is 17.3 Å². The number of hydrogen-bond acceptors (Lipinski definition) is 4. The van der Waals surface area contributed by atoms with Crippen molar-refractivity contribution in [2.24, 2.45) is 5.92 Å². The standard InChI is InChI=1S/C28H19N5O2/c1-18(2)17-33-25-12-20(27-9-7-23(34-27)13-21(15-29)31-3)6-5-19(25)11-26(33)28-10-8-24(35-28)14-22(16-30)32-4/h5-14,18H,17H2,1-2H3/b21-13-,22-14+. The number of rotatable bonds is 6. The highest BCUT2D eigenvalue weighted by Crippen LogP contribution is 2.34. The van der Waals surface area contributed by atoms with E-state index < -0.39 is 0 Å². The van der Waals surface area contributed by atoms with Crippen LogP contribution >= 0.6 is 0 Å². The van der Waals surface area contributed by atoms with Gasteiger partial charge in [0.2, 0.25) is 0 Å². The number of fused-ring (bicyclic) bond motifs is 1. The van der Waals surface area contributed by atoms with Crippen molar-refractivity contribution in [3.05, 3.63) is 94.3 Å². The van der Waals surface area contributed by atoms with E-state index in [-0.39, 0.29) is 11.4 Å². The molecule has 0 aliphatic carbocycles. The molecule has 0 atom stereocenters. The summed E-state index contributed by atoms with van der Waals surface area (Å²) in [6, 6.07) is 18.9. The van der Waals surface area contributed by atoms with Crippen molar-refractivity contribution in [2.75, 3.05) is 0 Å². The second-order valence-electron chi connectivity index (χ2n) is 8.22. The molecule has 0 aliphatic rings. The molecule has 0 saturated carbocycles. The first-order valence-electron chi connectivity index (χ1n) is 10.8. The minimum Gasteiger partial charge on any atom is -0.458 e. The van der Waals surface area contributed by atoms with Crippen LogP contribution in [0.5, 0.6) is 0 Å². The Labute approximate surface area is 202 Å². The van der Waals surface area contributed by atoms with Crippen molar-refractivity contribution in [3.63, 3.8) is 0 Å². The number of benzene rings is 1. The van der Waals surface area contributed by atoms with E-state index in [0.717, 1.165) is 28.7 Å². The van der Waals surface area contributed by atoms with Crippen LogP contribution in [0, 0.1) is 41.7 Å². The van der Waals surface area contributed by atoms with Crippen LogP contribution in [0.1, 0.15) is 25.4 Å². The van der Waals surface area contributed by atoms with Crippen LogP contribution in [-0.2, 0) is 6.54 Å². The molecule has 7 heteroatoms. The summed E-state index contributed by atoms with van der Waals surface area (Å²) >= 11 is 0. The normalized spacial score (nSPS) is 11.7. The van der Waals surface area contributed by atoms with Gasteiger partial charge < -0.3 is 13.4 Å². The van der Waals surface area contributed by atoms with Crippen molar-refractivity contribution in [1.29, 1.82) is 10.5 Å². The van der Waals surface area contributed by atoms with Gasteiger partial charge in [-0.2, -0.15) is 0 Å². The average molecular weight is 457 g/mol. The Kier molecular flexibility index (Phi) is 6.37. The van der Waals surface area contributed by atoms with Crippen LogP contribution in [0.25, 0.3) is 55.5 Å². The predicted octanol–water partition coefficient (Wildman–Crippen LogP) is 7.38. The minimum absolute atomic E-state index is 0.0378. The summed E-state index contributed by atoms with van der Waals surface area (Å²) in [4.78, 5) is 6.35. The van der Waals surface area contributed by atoms with Gasteiger partial charge in [-0.1, -0.05) is 26.0 Å². The summed E-state index contributed by atoms with van der Waals surface area (Å²) in [6.45, 7) is 19.1. The number of furan rings is 2. The SMILES string of the molecule is [C-]#[N+]/C(C#N)=C\c1ccc(-c2ccc3cc(-c4ccc(/C=C(\C#N)[N+]#[C-])o4)n(CC(C)C)c3c2)o1. The van der Waals surface area contributed by atoms with Crippen LogP contribution in [0.2, 0.25) is 0 Å². The lowest BCUT2D eigenvalue weighted by atomic mass is 10.1. The molecule has 35 heavy (non-hydrogen) atoms. The van der Waals surface area contributed by atoms with E-state index in [0.29, 0.717) is 29.0 Å². The van der Waals surface area contributed by atoms with Gasteiger partial charge in [-0.15, -0.1) is 0 Å². The van der Waals surface area contributed by atoms with E-state index in [4.69, 9.17) is 32.5 Å². The maximum Gasteiger partial charge on any atom is 0.265 e.